The van der Waals surface area contributed by atoms with Crippen LogP contribution in [-0.4, -0.2) is 32.2 Å². The molecule has 0 radical (unpaired) electrons. The van der Waals surface area contributed by atoms with E-state index in [2.05, 4.69) is 20.5 Å². The Hall–Kier alpha value is -2.52. The molecule has 0 spiro atoms. The van der Waals surface area contributed by atoms with E-state index in [0.717, 1.165) is 9.88 Å². The highest BCUT2D eigenvalue weighted by atomic mass is 32.1. The van der Waals surface area contributed by atoms with Gasteiger partial charge in [-0.15, -0.1) is 22.7 Å². The molecule has 0 aliphatic rings. The standard InChI is InChI=1S/C15H14N4O3S2/c1-7-11(8(2)19-18-7)12(15(21)22)17-13(20)9-6-24-14(16-9)10-4-3-5-23-10/h3-6,12H,1-2H3,(H,17,20)(H,18,19)(H,21,22)/t12-/m1/s1. The maximum absolute atomic E-state index is 12.4. The van der Waals surface area contributed by atoms with E-state index in [0.29, 0.717) is 17.0 Å². The van der Waals surface area contributed by atoms with Crippen LogP contribution in [0.4, 0.5) is 0 Å². The third-order valence-corrected chi connectivity index (χ3v) is 5.35. The molecule has 3 aromatic heterocycles. The number of hydrogen-bond donors (Lipinski definition) is 3. The molecule has 0 aliphatic carbocycles. The largest absolute Gasteiger partial charge is 0.479 e. The number of thiazole rings is 1. The highest BCUT2D eigenvalue weighted by Gasteiger charge is 2.28. The van der Waals surface area contributed by atoms with E-state index in [-0.39, 0.29) is 5.69 Å². The van der Waals surface area contributed by atoms with Gasteiger partial charge in [0.2, 0.25) is 0 Å². The van der Waals surface area contributed by atoms with Crippen LogP contribution in [0.2, 0.25) is 0 Å². The van der Waals surface area contributed by atoms with E-state index in [4.69, 9.17) is 0 Å². The summed E-state index contributed by atoms with van der Waals surface area (Å²) in [6.45, 7) is 3.41. The lowest BCUT2D eigenvalue weighted by Gasteiger charge is -2.14. The van der Waals surface area contributed by atoms with Crippen LogP contribution in [0.3, 0.4) is 0 Å². The first-order valence-corrected chi connectivity index (χ1v) is 8.78. The van der Waals surface area contributed by atoms with E-state index < -0.39 is 17.9 Å². The number of aromatic amines is 1. The number of thiophene rings is 1. The summed E-state index contributed by atoms with van der Waals surface area (Å²) in [6.07, 6.45) is 0. The predicted octanol–water partition coefficient (Wildman–Crippen LogP) is 2.77. The maximum Gasteiger partial charge on any atom is 0.331 e. The normalized spacial score (nSPS) is 12.1. The first-order chi connectivity index (χ1) is 11.5. The monoisotopic (exact) mass is 362 g/mol. The quantitative estimate of drug-likeness (QED) is 0.647. The van der Waals surface area contributed by atoms with Gasteiger partial charge in [-0.1, -0.05) is 6.07 Å². The van der Waals surface area contributed by atoms with E-state index in [1.54, 1.807) is 19.2 Å². The number of hydrogen-bond acceptors (Lipinski definition) is 6. The molecule has 0 fully saturated rings. The fourth-order valence-corrected chi connectivity index (χ4v) is 3.95. The van der Waals surface area contributed by atoms with Crippen molar-refractivity contribution in [3.63, 3.8) is 0 Å². The Morgan fingerprint density at radius 2 is 2.12 bits per heavy atom. The Bertz CT molecular complexity index is 863. The number of nitrogens with one attached hydrogen (secondary N) is 2. The summed E-state index contributed by atoms with van der Waals surface area (Å²) < 4.78 is 0. The molecule has 0 unspecified atom stereocenters. The predicted molar refractivity (Wildman–Crippen MR) is 91.3 cm³/mol. The number of amides is 1. The van der Waals surface area contributed by atoms with Crippen LogP contribution >= 0.6 is 22.7 Å². The van der Waals surface area contributed by atoms with Crippen LogP contribution < -0.4 is 5.32 Å². The molecule has 0 saturated heterocycles. The Labute approximate surface area is 145 Å². The van der Waals surface area contributed by atoms with Gasteiger partial charge >= 0.3 is 5.97 Å². The first kappa shape index (κ1) is 16.3. The SMILES string of the molecule is Cc1n[nH]c(C)c1[C@@H](NC(=O)c1csc(-c2cccs2)n1)C(=O)O. The third-order valence-electron chi connectivity index (χ3n) is 3.46. The molecule has 1 amide bonds. The van der Waals surface area contributed by atoms with Crippen molar-refractivity contribution in [3.8, 4) is 9.88 Å². The number of carboxylic acid groups (broad SMARTS) is 1. The summed E-state index contributed by atoms with van der Waals surface area (Å²) >= 11 is 2.88. The maximum atomic E-state index is 12.4. The van der Waals surface area contributed by atoms with Crippen LogP contribution in [0, 0.1) is 13.8 Å². The molecule has 0 saturated carbocycles. The Morgan fingerprint density at radius 1 is 1.33 bits per heavy atom. The summed E-state index contributed by atoms with van der Waals surface area (Å²) in [5, 5.41) is 23.0. The van der Waals surface area contributed by atoms with Gasteiger partial charge in [-0.25, -0.2) is 9.78 Å². The molecule has 24 heavy (non-hydrogen) atoms. The van der Waals surface area contributed by atoms with Gasteiger partial charge < -0.3 is 10.4 Å². The topological polar surface area (TPSA) is 108 Å². The number of nitrogens with zero attached hydrogens (tertiary/aromatic N) is 2. The van der Waals surface area contributed by atoms with E-state index >= 15 is 0 Å². The molecule has 3 aromatic rings. The van der Waals surface area contributed by atoms with Gasteiger partial charge in [-0.05, 0) is 25.3 Å². The molecule has 7 nitrogen and oxygen atoms in total. The molecule has 3 rings (SSSR count). The van der Waals surface area contributed by atoms with Gasteiger partial charge in [0.05, 0.1) is 10.6 Å². The summed E-state index contributed by atoms with van der Waals surface area (Å²) in [7, 11) is 0. The molecule has 9 heteroatoms. The zero-order valence-corrected chi connectivity index (χ0v) is 14.5. The van der Waals surface area contributed by atoms with Gasteiger partial charge in [-0.2, -0.15) is 5.10 Å². The summed E-state index contributed by atoms with van der Waals surface area (Å²) in [4.78, 5) is 29.3. The number of H-pyrrole nitrogens is 1. The van der Waals surface area contributed by atoms with Crippen LogP contribution in [-0.2, 0) is 4.79 Å². The van der Waals surface area contributed by atoms with Crippen LogP contribution in [0.1, 0.15) is 33.5 Å². The second kappa shape index (κ2) is 6.54. The third kappa shape index (κ3) is 3.08. The van der Waals surface area contributed by atoms with Gasteiger partial charge in [0.15, 0.2) is 6.04 Å². The highest BCUT2D eigenvalue weighted by Crippen LogP contribution is 2.28. The zero-order valence-electron chi connectivity index (χ0n) is 12.9. The van der Waals surface area contributed by atoms with Gasteiger partial charge in [-0.3, -0.25) is 9.89 Å². The van der Waals surface area contributed by atoms with E-state index in [1.807, 2.05) is 17.5 Å². The number of rotatable bonds is 5. The lowest BCUT2D eigenvalue weighted by molar-refractivity contribution is -0.139. The minimum atomic E-state index is -1.18. The fourth-order valence-electron chi connectivity index (χ4n) is 2.34. The van der Waals surface area contributed by atoms with Gasteiger partial charge in [0, 0.05) is 16.6 Å². The number of aryl methyl sites for hydroxylation is 2. The first-order valence-electron chi connectivity index (χ1n) is 7.02. The lowest BCUT2D eigenvalue weighted by atomic mass is 10.0. The van der Waals surface area contributed by atoms with Crippen molar-refractivity contribution in [1.29, 1.82) is 0 Å². The second-order valence-corrected chi connectivity index (χ2v) is 6.91. The smallest absolute Gasteiger partial charge is 0.331 e. The van der Waals surface area contributed by atoms with Crippen molar-refractivity contribution in [2.75, 3.05) is 0 Å². The van der Waals surface area contributed by atoms with Crippen molar-refractivity contribution < 1.29 is 14.7 Å². The average molecular weight is 362 g/mol. The van der Waals surface area contributed by atoms with Crippen molar-refractivity contribution in [2.24, 2.45) is 0 Å². The summed E-state index contributed by atoms with van der Waals surface area (Å²) in [5.41, 5.74) is 1.81. The molecule has 0 aromatic carbocycles. The number of carbonyl (C=O) groups excluding carboxylic acids is 1. The Morgan fingerprint density at radius 3 is 2.71 bits per heavy atom. The van der Waals surface area contributed by atoms with Gasteiger partial charge in [0.25, 0.3) is 5.91 Å². The van der Waals surface area contributed by atoms with Crippen molar-refractivity contribution >= 4 is 34.6 Å². The fraction of sp³-hybridized carbons (Fsp3) is 0.200. The molecular formula is C15H14N4O3S2. The van der Waals surface area contributed by atoms with E-state index in [1.165, 1.54) is 22.7 Å². The minimum absolute atomic E-state index is 0.202. The van der Waals surface area contributed by atoms with Crippen LogP contribution in [0.15, 0.2) is 22.9 Å². The number of aromatic nitrogens is 3. The Balaban J connectivity index is 1.83. The molecule has 124 valence electrons. The minimum Gasteiger partial charge on any atom is -0.479 e. The molecular weight excluding hydrogens is 348 g/mol. The Kier molecular flexibility index (Phi) is 4.45. The second-order valence-electron chi connectivity index (χ2n) is 5.11. The lowest BCUT2D eigenvalue weighted by Crippen LogP contribution is -2.34. The summed E-state index contributed by atoms with van der Waals surface area (Å²) in [6, 6.07) is 2.65. The molecule has 3 N–H and O–H groups in total. The highest BCUT2D eigenvalue weighted by molar-refractivity contribution is 7.20. The van der Waals surface area contributed by atoms with Crippen molar-refractivity contribution in [3.05, 3.63) is 45.5 Å². The zero-order chi connectivity index (χ0) is 17.3. The number of aliphatic carboxylic acids is 1. The van der Waals surface area contributed by atoms with Crippen LogP contribution in [0.5, 0.6) is 0 Å². The number of carboxylic acids is 1. The van der Waals surface area contributed by atoms with Crippen molar-refractivity contribution in [1.82, 2.24) is 20.5 Å². The van der Waals surface area contributed by atoms with Gasteiger partial charge in [0.1, 0.15) is 10.7 Å². The number of carbonyl (C=O) groups is 2. The molecule has 0 aliphatic heterocycles. The summed E-state index contributed by atoms with van der Waals surface area (Å²) in [5.74, 6) is -1.67. The molecule has 1 atom stereocenters. The van der Waals surface area contributed by atoms with Crippen LogP contribution in [0.25, 0.3) is 9.88 Å². The molecule has 3 heterocycles. The molecule has 0 bridgehead atoms. The average Bonchev–Trinajstić information content (AvgIpc) is 3.26. The van der Waals surface area contributed by atoms with Crippen molar-refractivity contribution in [2.45, 2.75) is 19.9 Å². The van der Waals surface area contributed by atoms with E-state index in [9.17, 15) is 14.7 Å².